The molecule has 29 heavy (non-hydrogen) atoms. The number of aromatic nitrogens is 3. The number of sulfonamides is 1. The van der Waals surface area contributed by atoms with Gasteiger partial charge in [-0.3, -0.25) is 4.68 Å². The minimum atomic E-state index is -3.72. The predicted octanol–water partition coefficient (Wildman–Crippen LogP) is 2.33. The van der Waals surface area contributed by atoms with Crippen LogP contribution in [-0.2, 0) is 21.3 Å². The van der Waals surface area contributed by atoms with E-state index in [0.29, 0.717) is 36.7 Å². The highest BCUT2D eigenvalue weighted by molar-refractivity contribution is 7.89. The highest BCUT2D eigenvalue weighted by Gasteiger charge is 2.33. The van der Waals surface area contributed by atoms with Gasteiger partial charge in [0.15, 0.2) is 0 Å². The van der Waals surface area contributed by atoms with Crippen molar-refractivity contribution < 1.29 is 18.3 Å². The van der Waals surface area contributed by atoms with Gasteiger partial charge in [0.2, 0.25) is 10.0 Å². The van der Waals surface area contributed by atoms with Gasteiger partial charge in [0.05, 0.1) is 35.4 Å². The third kappa shape index (κ3) is 5.76. The average Bonchev–Trinajstić information content (AvgIpc) is 3.17. The molecule has 1 aromatic heterocycles. The van der Waals surface area contributed by atoms with Crippen LogP contribution in [-0.4, -0.2) is 53.4 Å². The fourth-order valence-electron chi connectivity index (χ4n) is 3.32. The van der Waals surface area contributed by atoms with Gasteiger partial charge in [-0.2, -0.15) is 0 Å². The number of ether oxygens (including phenoxy) is 1. The summed E-state index contributed by atoms with van der Waals surface area (Å²) in [7, 11) is -3.72. The molecule has 1 aromatic carbocycles. The second kappa shape index (κ2) is 9.53. The maximum atomic E-state index is 12.6. The van der Waals surface area contributed by atoms with E-state index in [1.54, 1.807) is 4.68 Å². The molecule has 0 unspecified atom stereocenters. The molecular weight excluding hydrogens is 416 g/mol. The highest BCUT2D eigenvalue weighted by Crippen LogP contribution is 2.24. The predicted molar refractivity (Wildman–Crippen MR) is 109 cm³/mol. The van der Waals surface area contributed by atoms with Crippen LogP contribution in [0.4, 0.5) is 0 Å². The van der Waals surface area contributed by atoms with E-state index in [2.05, 4.69) is 28.9 Å². The lowest BCUT2D eigenvalue weighted by Crippen LogP contribution is -2.50. The molecule has 1 saturated heterocycles. The molecular formula is C19H27ClN4O4S. The first kappa shape index (κ1) is 22.2. The van der Waals surface area contributed by atoms with Crippen LogP contribution in [0.25, 0.3) is 0 Å². The van der Waals surface area contributed by atoms with Crippen LogP contribution < -0.4 is 4.72 Å². The third-order valence-electron chi connectivity index (χ3n) is 5.05. The van der Waals surface area contributed by atoms with E-state index in [1.807, 2.05) is 6.20 Å². The van der Waals surface area contributed by atoms with E-state index in [-0.39, 0.29) is 17.6 Å². The minimum absolute atomic E-state index is 0.0739. The molecule has 0 saturated carbocycles. The molecule has 3 rings (SSSR count). The van der Waals surface area contributed by atoms with Crippen molar-refractivity contribution in [3.63, 3.8) is 0 Å². The molecule has 0 aliphatic carbocycles. The van der Waals surface area contributed by atoms with Crippen molar-refractivity contribution >= 4 is 21.6 Å². The Bertz CT molecular complexity index is 901. The van der Waals surface area contributed by atoms with E-state index in [1.165, 1.54) is 24.3 Å². The average molecular weight is 443 g/mol. The molecule has 2 N–H and O–H groups in total. The van der Waals surface area contributed by atoms with Crippen LogP contribution in [0.1, 0.15) is 44.7 Å². The van der Waals surface area contributed by atoms with Crippen LogP contribution in [0.5, 0.6) is 0 Å². The first-order chi connectivity index (χ1) is 13.8. The number of nitrogens with one attached hydrogen (secondary N) is 1. The van der Waals surface area contributed by atoms with E-state index in [4.69, 9.17) is 16.3 Å². The number of aryl methyl sites for hydroxylation is 1. The van der Waals surface area contributed by atoms with Gasteiger partial charge in [-0.1, -0.05) is 30.7 Å². The lowest BCUT2D eigenvalue weighted by molar-refractivity contribution is -0.0891. The second-order valence-corrected chi connectivity index (χ2v) is 9.74. The molecule has 1 fully saturated rings. The van der Waals surface area contributed by atoms with Crippen LogP contribution >= 0.6 is 11.6 Å². The van der Waals surface area contributed by atoms with Crippen molar-refractivity contribution in [1.29, 1.82) is 0 Å². The zero-order chi connectivity index (χ0) is 21.0. The first-order valence-corrected chi connectivity index (χ1v) is 11.6. The van der Waals surface area contributed by atoms with E-state index >= 15 is 0 Å². The second-order valence-electron chi connectivity index (χ2n) is 7.59. The van der Waals surface area contributed by atoms with Crippen LogP contribution in [0.3, 0.4) is 0 Å². The molecule has 0 spiro atoms. The summed E-state index contributed by atoms with van der Waals surface area (Å²) in [6.45, 7) is 4.53. The topological polar surface area (TPSA) is 106 Å². The summed E-state index contributed by atoms with van der Waals surface area (Å²) in [6, 6.07) is 5.48. The first-order valence-electron chi connectivity index (χ1n) is 9.72. The Morgan fingerprint density at radius 1 is 1.31 bits per heavy atom. The molecule has 0 radical (unpaired) electrons. The Balaban J connectivity index is 1.56. The third-order valence-corrected chi connectivity index (χ3v) is 6.81. The Morgan fingerprint density at radius 3 is 2.66 bits per heavy atom. The normalized spacial score (nSPS) is 22.9. The monoisotopic (exact) mass is 442 g/mol. The molecule has 3 atom stereocenters. The summed E-state index contributed by atoms with van der Waals surface area (Å²) in [4.78, 5) is 0.132. The van der Waals surface area contributed by atoms with Crippen molar-refractivity contribution in [2.45, 2.75) is 68.7 Å². The number of halogens is 1. The molecule has 8 nitrogen and oxygen atoms in total. The maximum Gasteiger partial charge on any atom is 0.240 e. The number of aliphatic hydroxyl groups excluding tert-OH is 1. The smallest absolute Gasteiger partial charge is 0.240 e. The van der Waals surface area contributed by atoms with Crippen molar-refractivity contribution in [2.75, 3.05) is 6.61 Å². The van der Waals surface area contributed by atoms with Crippen LogP contribution in [0.15, 0.2) is 35.4 Å². The van der Waals surface area contributed by atoms with Crippen LogP contribution in [0, 0.1) is 0 Å². The number of rotatable bonds is 8. The van der Waals surface area contributed by atoms with Gasteiger partial charge in [-0.15, -0.1) is 5.10 Å². The highest BCUT2D eigenvalue weighted by atomic mass is 35.5. The van der Waals surface area contributed by atoms with E-state index in [9.17, 15) is 13.5 Å². The van der Waals surface area contributed by atoms with Gasteiger partial charge >= 0.3 is 0 Å². The summed E-state index contributed by atoms with van der Waals surface area (Å²) in [5, 5.41) is 18.5. The zero-order valence-corrected chi connectivity index (χ0v) is 18.1. The van der Waals surface area contributed by atoms with E-state index in [0.717, 1.165) is 5.69 Å². The summed E-state index contributed by atoms with van der Waals surface area (Å²) in [6.07, 6.45) is 3.24. The van der Waals surface area contributed by atoms with Gasteiger partial charge in [0.25, 0.3) is 0 Å². The van der Waals surface area contributed by atoms with Crippen molar-refractivity contribution in [2.24, 2.45) is 0 Å². The number of benzene rings is 1. The molecule has 0 amide bonds. The minimum Gasteiger partial charge on any atom is -0.394 e. The Morgan fingerprint density at radius 2 is 2.03 bits per heavy atom. The fraction of sp³-hybridized carbons (Fsp3) is 0.579. The zero-order valence-electron chi connectivity index (χ0n) is 16.5. The molecule has 10 heteroatoms. The molecule has 1 aliphatic rings. The number of hydrogen-bond acceptors (Lipinski definition) is 6. The summed E-state index contributed by atoms with van der Waals surface area (Å²) < 4.78 is 35.6. The Labute approximate surface area is 176 Å². The Kier molecular flexibility index (Phi) is 7.28. The van der Waals surface area contributed by atoms with Gasteiger partial charge < -0.3 is 9.84 Å². The quantitative estimate of drug-likeness (QED) is 0.649. The lowest BCUT2D eigenvalue weighted by Gasteiger charge is -2.36. The Hall–Kier alpha value is -1.52. The molecule has 2 heterocycles. The van der Waals surface area contributed by atoms with Gasteiger partial charge in [0, 0.05) is 17.8 Å². The molecule has 0 bridgehead atoms. The van der Waals surface area contributed by atoms with Crippen molar-refractivity contribution in [1.82, 2.24) is 19.7 Å². The molecule has 2 aromatic rings. The number of hydrogen-bond donors (Lipinski definition) is 2. The molecule has 1 aliphatic heterocycles. The maximum absolute atomic E-state index is 12.6. The van der Waals surface area contributed by atoms with Gasteiger partial charge in [0.1, 0.15) is 0 Å². The number of aliphatic hydroxyl groups is 1. The van der Waals surface area contributed by atoms with Gasteiger partial charge in [-0.25, -0.2) is 13.1 Å². The SMILES string of the molecule is CC(C)c1cn(CC[C@H]2CC[C@H](NS(=O)(=O)c3ccc(Cl)cc3)[C@@H](CO)O2)nn1. The van der Waals surface area contributed by atoms with Gasteiger partial charge in [-0.05, 0) is 49.4 Å². The van der Waals surface area contributed by atoms with Crippen LogP contribution in [0.2, 0.25) is 5.02 Å². The van der Waals surface area contributed by atoms with Crippen molar-refractivity contribution in [3.05, 3.63) is 41.2 Å². The standard InChI is InChI=1S/C19H27ClN4O4S/c1-13(2)18-11-24(23-21-18)10-9-15-5-8-17(19(12-25)28-15)22-29(26,27)16-6-3-14(20)4-7-16/h3-4,6-7,11,13,15,17,19,22,25H,5,8-10,12H2,1-2H3/t15-,17+,19-/m1/s1. The summed E-state index contributed by atoms with van der Waals surface area (Å²) in [5.41, 5.74) is 0.944. The lowest BCUT2D eigenvalue weighted by atomic mass is 9.98. The fourth-order valence-corrected chi connectivity index (χ4v) is 4.75. The molecule has 160 valence electrons. The van der Waals surface area contributed by atoms with E-state index < -0.39 is 22.2 Å². The summed E-state index contributed by atoms with van der Waals surface area (Å²) >= 11 is 5.83. The van der Waals surface area contributed by atoms with Crippen molar-refractivity contribution in [3.8, 4) is 0 Å². The summed E-state index contributed by atoms with van der Waals surface area (Å²) in [5.74, 6) is 0.322. The largest absolute Gasteiger partial charge is 0.394 e. The number of nitrogens with zero attached hydrogens (tertiary/aromatic N) is 3.